The monoisotopic (exact) mass is 287 g/mol. The highest BCUT2D eigenvalue weighted by Gasteiger charge is 2.36. The van der Waals surface area contributed by atoms with Crippen LogP contribution in [0.25, 0.3) is 0 Å². The Bertz CT molecular complexity index is 498. The molecule has 0 spiro atoms. The summed E-state index contributed by atoms with van der Waals surface area (Å²) >= 11 is 0. The number of hydrogen-bond donors (Lipinski definition) is 1. The van der Waals surface area contributed by atoms with E-state index in [0.717, 1.165) is 19.0 Å². The fraction of sp³-hybridized carbons (Fsp3) is 0.684. The Morgan fingerprint density at radius 1 is 1.33 bits per heavy atom. The molecular formula is C19H29NO. The third-order valence-electron chi connectivity index (χ3n) is 5.50. The van der Waals surface area contributed by atoms with Gasteiger partial charge in [0.05, 0.1) is 6.61 Å². The normalized spacial score (nSPS) is 29.3. The van der Waals surface area contributed by atoms with Crippen molar-refractivity contribution in [3.8, 4) is 0 Å². The minimum absolute atomic E-state index is 0.122. The summed E-state index contributed by atoms with van der Waals surface area (Å²) in [5.41, 5.74) is 4.40. The molecular weight excluding hydrogens is 258 g/mol. The standard InChI is InChI=1S/C19H29NO/c1-15-7-8-18-17(11-15)6-4-10-20(18)13-19(14-21)9-3-5-16(2)12-19/h7-8,11,16,21H,3-6,9-10,12-14H2,1-2H3. The lowest BCUT2D eigenvalue weighted by atomic mass is 9.70. The number of fused-ring (bicyclic) bond motifs is 1. The summed E-state index contributed by atoms with van der Waals surface area (Å²) in [6.07, 6.45) is 7.42. The van der Waals surface area contributed by atoms with Crippen LogP contribution in [0.5, 0.6) is 0 Å². The van der Waals surface area contributed by atoms with Crippen molar-refractivity contribution in [3.63, 3.8) is 0 Å². The van der Waals surface area contributed by atoms with E-state index in [1.54, 1.807) is 0 Å². The maximum Gasteiger partial charge on any atom is 0.0504 e. The number of hydrogen-bond acceptors (Lipinski definition) is 2. The second kappa shape index (κ2) is 6.00. The molecule has 21 heavy (non-hydrogen) atoms. The van der Waals surface area contributed by atoms with Gasteiger partial charge >= 0.3 is 0 Å². The first kappa shape index (κ1) is 14.9. The molecule has 116 valence electrons. The summed E-state index contributed by atoms with van der Waals surface area (Å²) in [5.74, 6) is 0.758. The molecule has 2 nitrogen and oxygen atoms in total. The number of aryl methyl sites for hydroxylation is 2. The van der Waals surface area contributed by atoms with Crippen molar-refractivity contribution in [2.45, 2.75) is 52.4 Å². The Morgan fingerprint density at radius 2 is 2.19 bits per heavy atom. The van der Waals surface area contributed by atoms with Crippen molar-refractivity contribution >= 4 is 5.69 Å². The number of aliphatic hydroxyl groups is 1. The molecule has 0 amide bonds. The predicted molar refractivity (Wildman–Crippen MR) is 88.9 cm³/mol. The van der Waals surface area contributed by atoms with E-state index >= 15 is 0 Å². The lowest BCUT2D eigenvalue weighted by Crippen LogP contribution is -2.45. The number of nitrogens with zero attached hydrogens (tertiary/aromatic N) is 1. The van der Waals surface area contributed by atoms with Gasteiger partial charge in [-0.2, -0.15) is 0 Å². The minimum Gasteiger partial charge on any atom is -0.396 e. The molecule has 1 aliphatic carbocycles. The number of rotatable bonds is 3. The van der Waals surface area contributed by atoms with Crippen molar-refractivity contribution in [3.05, 3.63) is 29.3 Å². The first-order valence-electron chi connectivity index (χ1n) is 8.57. The zero-order chi connectivity index (χ0) is 14.9. The molecule has 0 aromatic heterocycles. The summed E-state index contributed by atoms with van der Waals surface area (Å²) in [5, 5.41) is 10.1. The van der Waals surface area contributed by atoms with Gasteiger partial charge in [0.15, 0.2) is 0 Å². The topological polar surface area (TPSA) is 23.5 Å². The van der Waals surface area contributed by atoms with E-state index in [9.17, 15) is 5.11 Å². The second-order valence-electron chi connectivity index (χ2n) is 7.52. The molecule has 0 bridgehead atoms. The lowest BCUT2D eigenvalue weighted by Gasteiger charge is -2.44. The van der Waals surface area contributed by atoms with E-state index in [1.807, 2.05) is 0 Å². The van der Waals surface area contributed by atoms with Gasteiger partial charge < -0.3 is 10.0 Å². The summed E-state index contributed by atoms with van der Waals surface area (Å²) in [4.78, 5) is 2.55. The maximum atomic E-state index is 10.1. The van der Waals surface area contributed by atoms with Gasteiger partial charge in [-0.05, 0) is 50.2 Å². The molecule has 1 fully saturated rings. The van der Waals surface area contributed by atoms with E-state index in [1.165, 1.54) is 55.3 Å². The molecule has 1 heterocycles. The highest BCUT2D eigenvalue weighted by atomic mass is 16.3. The Balaban J connectivity index is 1.82. The van der Waals surface area contributed by atoms with E-state index in [0.29, 0.717) is 6.61 Å². The number of aliphatic hydroxyl groups excluding tert-OH is 1. The van der Waals surface area contributed by atoms with Gasteiger partial charge in [-0.1, -0.05) is 37.5 Å². The third-order valence-corrected chi connectivity index (χ3v) is 5.50. The Hall–Kier alpha value is -1.02. The van der Waals surface area contributed by atoms with E-state index in [4.69, 9.17) is 0 Å². The molecule has 0 radical (unpaired) electrons. The zero-order valence-corrected chi connectivity index (χ0v) is 13.6. The molecule has 2 atom stereocenters. The van der Waals surface area contributed by atoms with Gasteiger partial charge in [0, 0.05) is 24.2 Å². The molecule has 1 aromatic carbocycles. The van der Waals surface area contributed by atoms with E-state index in [-0.39, 0.29) is 5.41 Å². The number of benzene rings is 1. The van der Waals surface area contributed by atoms with Crippen LogP contribution in [-0.2, 0) is 6.42 Å². The SMILES string of the molecule is Cc1ccc2c(c1)CCCN2CC1(CO)CCCC(C)C1. The molecule has 1 N–H and O–H groups in total. The van der Waals surface area contributed by atoms with Crippen LogP contribution in [-0.4, -0.2) is 24.8 Å². The predicted octanol–water partition coefficient (Wildman–Crippen LogP) is 3.94. The summed E-state index contributed by atoms with van der Waals surface area (Å²) in [7, 11) is 0. The van der Waals surface area contributed by atoms with Gasteiger partial charge in [-0.3, -0.25) is 0 Å². The third kappa shape index (κ3) is 3.11. The van der Waals surface area contributed by atoms with Crippen molar-refractivity contribution in [1.82, 2.24) is 0 Å². The van der Waals surface area contributed by atoms with Crippen LogP contribution >= 0.6 is 0 Å². The van der Waals surface area contributed by atoms with Gasteiger partial charge in [0.25, 0.3) is 0 Å². The van der Waals surface area contributed by atoms with Crippen molar-refractivity contribution in [1.29, 1.82) is 0 Å². The van der Waals surface area contributed by atoms with Gasteiger partial charge in [0.2, 0.25) is 0 Å². The Morgan fingerprint density at radius 3 is 2.95 bits per heavy atom. The fourth-order valence-corrected chi connectivity index (χ4v) is 4.48. The summed E-state index contributed by atoms with van der Waals surface area (Å²) in [6.45, 7) is 7.04. The summed E-state index contributed by atoms with van der Waals surface area (Å²) in [6, 6.07) is 6.87. The molecule has 0 saturated heterocycles. The molecule has 2 unspecified atom stereocenters. The zero-order valence-electron chi connectivity index (χ0n) is 13.6. The average Bonchev–Trinajstić information content (AvgIpc) is 2.47. The quantitative estimate of drug-likeness (QED) is 0.910. The molecule has 2 heteroatoms. The van der Waals surface area contributed by atoms with Crippen LogP contribution < -0.4 is 4.90 Å². The van der Waals surface area contributed by atoms with E-state index in [2.05, 4.69) is 36.9 Å². The summed E-state index contributed by atoms with van der Waals surface area (Å²) < 4.78 is 0. The van der Waals surface area contributed by atoms with Crippen LogP contribution in [0.4, 0.5) is 5.69 Å². The van der Waals surface area contributed by atoms with Crippen molar-refractivity contribution in [2.24, 2.45) is 11.3 Å². The lowest BCUT2D eigenvalue weighted by molar-refractivity contribution is 0.0663. The highest BCUT2D eigenvalue weighted by molar-refractivity contribution is 5.57. The van der Waals surface area contributed by atoms with Crippen LogP contribution in [0.15, 0.2) is 18.2 Å². The Kier molecular flexibility index (Phi) is 4.26. The van der Waals surface area contributed by atoms with Gasteiger partial charge in [-0.25, -0.2) is 0 Å². The smallest absolute Gasteiger partial charge is 0.0504 e. The number of anilines is 1. The average molecular weight is 287 g/mol. The van der Waals surface area contributed by atoms with Crippen molar-refractivity contribution < 1.29 is 5.11 Å². The molecule has 1 aromatic rings. The van der Waals surface area contributed by atoms with Crippen LogP contribution in [0, 0.1) is 18.3 Å². The van der Waals surface area contributed by atoms with Crippen LogP contribution in [0.1, 0.15) is 50.2 Å². The largest absolute Gasteiger partial charge is 0.396 e. The fourth-order valence-electron chi connectivity index (χ4n) is 4.48. The van der Waals surface area contributed by atoms with Crippen LogP contribution in [0.2, 0.25) is 0 Å². The first-order chi connectivity index (χ1) is 10.1. The minimum atomic E-state index is 0.122. The second-order valence-corrected chi connectivity index (χ2v) is 7.52. The highest BCUT2D eigenvalue weighted by Crippen LogP contribution is 2.41. The Labute approximate surface area is 129 Å². The molecule has 1 aliphatic heterocycles. The van der Waals surface area contributed by atoms with Crippen molar-refractivity contribution in [2.75, 3.05) is 24.6 Å². The van der Waals surface area contributed by atoms with Gasteiger partial charge in [0.1, 0.15) is 0 Å². The van der Waals surface area contributed by atoms with Gasteiger partial charge in [-0.15, -0.1) is 0 Å². The molecule has 1 saturated carbocycles. The first-order valence-corrected chi connectivity index (χ1v) is 8.57. The molecule has 3 rings (SSSR count). The van der Waals surface area contributed by atoms with E-state index < -0.39 is 0 Å². The van der Waals surface area contributed by atoms with Crippen LogP contribution in [0.3, 0.4) is 0 Å². The molecule has 2 aliphatic rings. The maximum absolute atomic E-state index is 10.1.